The van der Waals surface area contributed by atoms with Gasteiger partial charge in [-0.1, -0.05) is 18.2 Å². The summed E-state index contributed by atoms with van der Waals surface area (Å²) in [6.07, 6.45) is 0.846. The maximum Gasteiger partial charge on any atom is 0.171 e. The number of fused-ring (bicyclic) bond motifs is 1. The van der Waals surface area contributed by atoms with E-state index in [1.807, 2.05) is 26.1 Å². The molecule has 0 unspecified atom stereocenters. The van der Waals surface area contributed by atoms with Gasteiger partial charge in [0.25, 0.3) is 0 Å². The van der Waals surface area contributed by atoms with Crippen molar-refractivity contribution in [3.05, 3.63) is 53.6 Å². The number of rotatable bonds is 5. The highest BCUT2D eigenvalue weighted by atomic mass is 19.1. The average Bonchev–Trinajstić information content (AvgIpc) is 2.94. The summed E-state index contributed by atoms with van der Waals surface area (Å²) in [5, 5.41) is 17.5. The molecule has 0 fully saturated rings. The Morgan fingerprint density at radius 3 is 2.68 bits per heavy atom. The monoisotopic (exact) mass is 299 g/mol. The molecule has 0 radical (unpaired) electrons. The Hall–Kier alpha value is -2.34. The fourth-order valence-electron chi connectivity index (χ4n) is 2.57. The highest BCUT2D eigenvalue weighted by molar-refractivity contribution is 5.83. The number of nitrogens with zero attached hydrogens (tertiary/aromatic N) is 4. The molecule has 3 rings (SSSR count). The number of aryl methyl sites for hydroxylation is 1. The maximum atomic E-state index is 13.3. The van der Waals surface area contributed by atoms with Crippen LogP contribution in [0.4, 0.5) is 4.39 Å². The summed E-state index contributed by atoms with van der Waals surface area (Å²) in [5.74, 6) is 0.429. The van der Waals surface area contributed by atoms with Gasteiger partial charge in [-0.3, -0.25) is 0 Å². The Labute approximate surface area is 128 Å². The number of nitrogens with one attached hydrogen (secondary N) is 1. The van der Waals surface area contributed by atoms with E-state index in [9.17, 15) is 4.39 Å². The van der Waals surface area contributed by atoms with Crippen LogP contribution < -0.4 is 5.32 Å². The summed E-state index contributed by atoms with van der Waals surface area (Å²) in [5.41, 5.74) is 1.09. The molecule has 0 aliphatic heterocycles. The van der Waals surface area contributed by atoms with Crippen molar-refractivity contribution >= 4 is 10.8 Å². The number of halogens is 1. The average molecular weight is 299 g/mol. The predicted molar refractivity (Wildman–Crippen MR) is 83.1 cm³/mol. The van der Waals surface area contributed by atoms with Gasteiger partial charge in [0.05, 0.1) is 6.04 Å². The molecule has 0 aliphatic rings. The Bertz CT molecular complexity index is 783. The Morgan fingerprint density at radius 1 is 1.18 bits per heavy atom. The zero-order valence-corrected chi connectivity index (χ0v) is 12.6. The lowest BCUT2D eigenvalue weighted by atomic mass is 10.00. The summed E-state index contributed by atoms with van der Waals surface area (Å²) in [4.78, 5) is 1.65. The van der Waals surface area contributed by atoms with Crippen LogP contribution in [0.3, 0.4) is 0 Å². The van der Waals surface area contributed by atoms with Crippen LogP contribution in [0.25, 0.3) is 10.8 Å². The lowest BCUT2D eigenvalue weighted by molar-refractivity contribution is 0.421. The van der Waals surface area contributed by atoms with Gasteiger partial charge in [0.2, 0.25) is 0 Å². The molecule has 0 aliphatic carbocycles. The number of hydrogen-bond donors (Lipinski definition) is 1. The minimum absolute atomic E-state index is 0.00287. The summed E-state index contributed by atoms with van der Waals surface area (Å²) < 4.78 is 13.3. The topological polar surface area (TPSA) is 55.6 Å². The number of hydrogen-bond acceptors (Lipinski definition) is 4. The molecule has 0 saturated carbocycles. The molecule has 0 amide bonds. The Balaban J connectivity index is 2.01. The van der Waals surface area contributed by atoms with Crippen molar-refractivity contribution < 1.29 is 4.39 Å². The number of benzene rings is 2. The number of aromatic nitrogens is 4. The molecule has 22 heavy (non-hydrogen) atoms. The molecular formula is C16H18FN5. The van der Waals surface area contributed by atoms with Gasteiger partial charge in [-0.05, 0) is 66.7 Å². The maximum absolute atomic E-state index is 13.3. The first-order valence-electron chi connectivity index (χ1n) is 7.27. The van der Waals surface area contributed by atoms with E-state index in [4.69, 9.17) is 0 Å². The normalized spacial score (nSPS) is 12.7. The SMILES string of the molecule is CNCC[C@H](c1ccc2cc(F)ccc2c1)n1nnc(C)n1. The van der Waals surface area contributed by atoms with E-state index < -0.39 is 0 Å². The predicted octanol–water partition coefficient (Wildman–Crippen LogP) is 2.47. The summed E-state index contributed by atoms with van der Waals surface area (Å²) in [6, 6.07) is 10.8. The number of tetrazole rings is 1. The lowest BCUT2D eigenvalue weighted by Crippen LogP contribution is -2.20. The van der Waals surface area contributed by atoms with Gasteiger partial charge in [0.15, 0.2) is 5.82 Å². The molecular weight excluding hydrogens is 281 g/mol. The van der Waals surface area contributed by atoms with Gasteiger partial charge in [0, 0.05) is 0 Å². The second-order valence-electron chi connectivity index (χ2n) is 5.32. The van der Waals surface area contributed by atoms with Crippen LogP contribution in [0.5, 0.6) is 0 Å². The highest BCUT2D eigenvalue weighted by Gasteiger charge is 2.16. The summed E-state index contributed by atoms with van der Waals surface area (Å²) >= 11 is 0. The van der Waals surface area contributed by atoms with Crippen LogP contribution in [0.15, 0.2) is 36.4 Å². The van der Waals surface area contributed by atoms with Crippen molar-refractivity contribution in [3.63, 3.8) is 0 Å². The molecule has 0 spiro atoms. The lowest BCUT2D eigenvalue weighted by Gasteiger charge is -2.16. The minimum Gasteiger partial charge on any atom is -0.320 e. The first kappa shape index (κ1) is 14.6. The van der Waals surface area contributed by atoms with Crippen LogP contribution in [-0.2, 0) is 0 Å². The van der Waals surface area contributed by atoms with Gasteiger partial charge in [-0.25, -0.2) is 4.39 Å². The van der Waals surface area contributed by atoms with Crippen molar-refractivity contribution in [2.45, 2.75) is 19.4 Å². The molecule has 1 heterocycles. The van der Waals surface area contributed by atoms with Gasteiger partial charge in [0.1, 0.15) is 5.82 Å². The minimum atomic E-state index is -0.222. The van der Waals surface area contributed by atoms with Crippen LogP contribution in [-0.4, -0.2) is 33.8 Å². The van der Waals surface area contributed by atoms with Crippen molar-refractivity contribution in [2.75, 3.05) is 13.6 Å². The molecule has 5 nitrogen and oxygen atoms in total. The van der Waals surface area contributed by atoms with E-state index in [0.717, 1.165) is 29.3 Å². The fourth-order valence-corrected chi connectivity index (χ4v) is 2.57. The van der Waals surface area contributed by atoms with Gasteiger partial charge in [-0.15, -0.1) is 10.2 Å². The third-order valence-electron chi connectivity index (χ3n) is 3.69. The van der Waals surface area contributed by atoms with Crippen molar-refractivity contribution in [3.8, 4) is 0 Å². The van der Waals surface area contributed by atoms with E-state index in [0.29, 0.717) is 5.82 Å². The standard InChI is InChI=1S/C16H18FN5/c1-11-19-21-22(20-11)16(7-8-18-2)14-4-3-13-10-15(17)6-5-12(13)9-14/h3-6,9-10,16,18H,7-8H2,1-2H3/t16-/m1/s1. The Morgan fingerprint density at radius 2 is 1.95 bits per heavy atom. The van der Waals surface area contributed by atoms with Gasteiger partial charge < -0.3 is 5.32 Å². The zero-order chi connectivity index (χ0) is 15.5. The molecule has 0 bridgehead atoms. The molecule has 1 aromatic heterocycles. The molecule has 6 heteroatoms. The van der Waals surface area contributed by atoms with Crippen LogP contribution in [0.2, 0.25) is 0 Å². The first-order valence-corrected chi connectivity index (χ1v) is 7.27. The van der Waals surface area contributed by atoms with E-state index >= 15 is 0 Å². The zero-order valence-electron chi connectivity index (χ0n) is 12.6. The quantitative estimate of drug-likeness (QED) is 0.786. The van der Waals surface area contributed by atoms with Crippen LogP contribution in [0.1, 0.15) is 23.9 Å². The highest BCUT2D eigenvalue weighted by Crippen LogP contribution is 2.25. The van der Waals surface area contributed by atoms with E-state index in [1.54, 1.807) is 16.9 Å². The smallest absolute Gasteiger partial charge is 0.171 e. The molecule has 1 atom stereocenters. The van der Waals surface area contributed by atoms with Crippen molar-refractivity contribution in [1.82, 2.24) is 25.5 Å². The third kappa shape index (κ3) is 2.96. The van der Waals surface area contributed by atoms with E-state index in [1.165, 1.54) is 6.07 Å². The molecule has 2 aromatic carbocycles. The molecule has 1 N–H and O–H groups in total. The van der Waals surface area contributed by atoms with Crippen molar-refractivity contribution in [1.29, 1.82) is 0 Å². The van der Waals surface area contributed by atoms with Gasteiger partial charge in [-0.2, -0.15) is 4.80 Å². The summed E-state index contributed by atoms with van der Waals surface area (Å²) in [6.45, 7) is 2.66. The Kier molecular flexibility index (Phi) is 4.11. The second kappa shape index (κ2) is 6.19. The van der Waals surface area contributed by atoms with Crippen LogP contribution in [0, 0.1) is 12.7 Å². The van der Waals surface area contributed by atoms with E-state index in [2.05, 4.69) is 26.8 Å². The third-order valence-corrected chi connectivity index (χ3v) is 3.69. The first-order chi connectivity index (χ1) is 10.7. The second-order valence-corrected chi connectivity index (χ2v) is 5.32. The van der Waals surface area contributed by atoms with Crippen molar-refractivity contribution in [2.24, 2.45) is 0 Å². The molecule has 3 aromatic rings. The fraction of sp³-hybridized carbons (Fsp3) is 0.312. The van der Waals surface area contributed by atoms with Crippen LogP contribution >= 0.6 is 0 Å². The summed E-state index contributed by atoms with van der Waals surface area (Å²) in [7, 11) is 1.92. The van der Waals surface area contributed by atoms with E-state index in [-0.39, 0.29) is 11.9 Å². The largest absolute Gasteiger partial charge is 0.320 e. The van der Waals surface area contributed by atoms with Gasteiger partial charge >= 0.3 is 0 Å². The molecule has 114 valence electrons. The molecule has 0 saturated heterocycles.